The van der Waals surface area contributed by atoms with Crippen LogP contribution in [0.4, 0.5) is 0 Å². The number of nitrogens with zero attached hydrogens (tertiary/aromatic N) is 1. The number of benzene rings is 1. The predicted octanol–water partition coefficient (Wildman–Crippen LogP) is 3.42. The minimum absolute atomic E-state index is 0.0861. The van der Waals surface area contributed by atoms with Crippen molar-refractivity contribution in [2.45, 2.75) is 13.8 Å². The highest BCUT2D eigenvalue weighted by Gasteiger charge is 2.15. The van der Waals surface area contributed by atoms with Gasteiger partial charge in [0.05, 0.1) is 0 Å². The van der Waals surface area contributed by atoms with Crippen molar-refractivity contribution in [1.82, 2.24) is 5.16 Å². The lowest BCUT2D eigenvalue weighted by Crippen LogP contribution is -1.94. The predicted molar refractivity (Wildman–Crippen MR) is 66.1 cm³/mol. The molecule has 0 spiro atoms. The van der Waals surface area contributed by atoms with Crippen molar-refractivity contribution < 1.29 is 14.4 Å². The fourth-order valence-corrected chi connectivity index (χ4v) is 2.15. The molecule has 88 valence electrons. The Labute approximate surface area is 106 Å². The number of aromatic carboxylic acids is 1. The van der Waals surface area contributed by atoms with Gasteiger partial charge in [-0.3, -0.25) is 0 Å². The third kappa shape index (κ3) is 2.24. The van der Waals surface area contributed by atoms with Crippen molar-refractivity contribution in [1.29, 1.82) is 0 Å². The zero-order chi connectivity index (χ0) is 12.6. The van der Waals surface area contributed by atoms with Crippen molar-refractivity contribution in [3.8, 4) is 11.3 Å². The monoisotopic (exact) mass is 295 g/mol. The van der Waals surface area contributed by atoms with Crippen LogP contribution in [0.15, 0.2) is 27.2 Å². The van der Waals surface area contributed by atoms with E-state index in [1.807, 2.05) is 26.0 Å². The van der Waals surface area contributed by atoms with E-state index in [0.717, 1.165) is 21.2 Å². The highest BCUT2D eigenvalue weighted by atomic mass is 79.9. The normalized spacial score (nSPS) is 10.5. The first-order valence-corrected chi connectivity index (χ1v) is 5.75. The second-order valence-corrected chi connectivity index (χ2v) is 4.66. The van der Waals surface area contributed by atoms with Gasteiger partial charge in [-0.1, -0.05) is 21.1 Å². The summed E-state index contributed by atoms with van der Waals surface area (Å²) in [7, 11) is 0. The summed E-state index contributed by atoms with van der Waals surface area (Å²) in [6, 6.07) is 5.36. The minimum Gasteiger partial charge on any atom is -0.476 e. The molecule has 4 nitrogen and oxygen atoms in total. The lowest BCUT2D eigenvalue weighted by molar-refractivity contribution is 0.0686. The first kappa shape index (κ1) is 11.9. The summed E-state index contributed by atoms with van der Waals surface area (Å²) >= 11 is 3.45. The molecule has 2 rings (SSSR count). The Balaban J connectivity index is 2.56. The molecule has 0 aliphatic heterocycles. The van der Waals surface area contributed by atoms with E-state index in [-0.39, 0.29) is 5.69 Å². The SMILES string of the molecule is Cc1cc(Br)c(C)c(-c2cc(C(=O)O)no2)c1. The van der Waals surface area contributed by atoms with Gasteiger partial charge in [0, 0.05) is 16.1 Å². The van der Waals surface area contributed by atoms with Crippen LogP contribution in [-0.4, -0.2) is 16.2 Å². The number of aromatic nitrogens is 1. The number of hydrogen-bond donors (Lipinski definition) is 1. The molecule has 0 amide bonds. The molecule has 1 aromatic carbocycles. The quantitative estimate of drug-likeness (QED) is 0.922. The fourth-order valence-electron chi connectivity index (χ4n) is 1.57. The number of rotatable bonds is 2. The lowest BCUT2D eigenvalue weighted by Gasteiger charge is -2.05. The summed E-state index contributed by atoms with van der Waals surface area (Å²) in [6.07, 6.45) is 0. The molecule has 1 N–H and O–H groups in total. The van der Waals surface area contributed by atoms with Crippen molar-refractivity contribution in [3.05, 3.63) is 39.5 Å². The van der Waals surface area contributed by atoms with Crippen LogP contribution < -0.4 is 0 Å². The molecule has 0 saturated carbocycles. The van der Waals surface area contributed by atoms with Gasteiger partial charge >= 0.3 is 5.97 Å². The zero-order valence-electron chi connectivity index (χ0n) is 9.32. The Bertz CT molecular complexity index is 589. The van der Waals surface area contributed by atoms with Gasteiger partial charge in [-0.05, 0) is 37.1 Å². The van der Waals surface area contributed by atoms with Crippen LogP contribution in [0.2, 0.25) is 0 Å². The second kappa shape index (κ2) is 4.33. The molecule has 0 unspecified atom stereocenters. The topological polar surface area (TPSA) is 63.3 Å². The second-order valence-electron chi connectivity index (χ2n) is 3.80. The molecule has 0 atom stereocenters. The number of carboxylic acid groups (broad SMARTS) is 1. The van der Waals surface area contributed by atoms with Crippen LogP contribution in [0.3, 0.4) is 0 Å². The van der Waals surface area contributed by atoms with Gasteiger partial charge in [0.15, 0.2) is 11.5 Å². The van der Waals surface area contributed by atoms with E-state index in [0.29, 0.717) is 5.76 Å². The number of halogens is 1. The molecule has 1 aromatic heterocycles. The van der Waals surface area contributed by atoms with E-state index in [1.54, 1.807) is 0 Å². The first-order chi connectivity index (χ1) is 7.99. The molecular weight excluding hydrogens is 286 g/mol. The van der Waals surface area contributed by atoms with Gasteiger partial charge in [-0.15, -0.1) is 0 Å². The summed E-state index contributed by atoms with van der Waals surface area (Å²) in [5, 5.41) is 12.3. The number of carbonyl (C=O) groups is 1. The van der Waals surface area contributed by atoms with Crippen molar-refractivity contribution in [2.75, 3.05) is 0 Å². The van der Waals surface area contributed by atoms with E-state index in [1.165, 1.54) is 6.07 Å². The molecule has 0 aliphatic carbocycles. The molecule has 0 radical (unpaired) electrons. The van der Waals surface area contributed by atoms with Crippen LogP contribution in [0, 0.1) is 13.8 Å². The maximum absolute atomic E-state index is 10.7. The molecule has 0 saturated heterocycles. The van der Waals surface area contributed by atoms with Gasteiger partial charge in [-0.2, -0.15) is 0 Å². The Hall–Kier alpha value is -1.62. The largest absolute Gasteiger partial charge is 0.476 e. The summed E-state index contributed by atoms with van der Waals surface area (Å²) in [6.45, 7) is 3.89. The summed E-state index contributed by atoms with van der Waals surface area (Å²) in [5.41, 5.74) is 2.81. The maximum Gasteiger partial charge on any atom is 0.358 e. The molecule has 0 aliphatic rings. The molecule has 1 heterocycles. The van der Waals surface area contributed by atoms with Crippen LogP contribution in [0.5, 0.6) is 0 Å². The first-order valence-electron chi connectivity index (χ1n) is 4.96. The zero-order valence-corrected chi connectivity index (χ0v) is 10.9. The molecule has 17 heavy (non-hydrogen) atoms. The molecule has 0 fully saturated rings. The number of aryl methyl sites for hydroxylation is 1. The summed E-state index contributed by atoms with van der Waals surface area (Å²) < 4.78 is 6.01. The third-order valence-electron chi connectivity index (χ3n) is 2.48. The smallest absolute Gasteiger partial charge is 0.358 e. The lowest BCUT2D eigenvalue weighted by atomic mass is 10.0. The Morgan fingerprint density at radius 2 is 2.06 bits per heavy atom. The third-order valence-corrected chi connectivity index (χ3v) is 3.31. The van der Waals surface area contributed by atoms with E-state index in [2.05, 4.69) is 21.1 Å². The minimum atomic E-state index is -1.09. The van der Waals surface area contributed by atoms with E-state index in [9.17, 15) is 4.79 Å². The molecule has 5 heteroatoms. The van der Waals surface area contributed by atoms with E-state index < -0.39 is 5.97 Å². The maximum atomic E-state index is 10.7. The Kier molecular flexibility index (Phi) is 3.02. The van der Waals surface area contributed by atoms with E-state index >= 15 is 0 Å². The number of carboxylic acids is 1. The van der Waals surface area contributed by atoms with Crippen molar-refractivity contribution >= 4 is 21.9 Å². The molecular formula is C12H10BrNO3. The average Bonchev–Trinajstić information content (AvgIpc) is 2.72. The standard InChI is InChI=1S/C12H10BrNO3/c1-6-3-8(7(2)9(13)4-6)11-5-10(12(15)16)14-17-11/h3-5H,1-2H3,(H,15,16). The van der Waals surface area contributed by atoms with Crippen molar-refractivity contribution in [3.63, 3.8) is 0 Å². The van der Waals surface area contributed by atoms with Gasteiger partial charge < -0.3 is 9.63 Å². The Morgan fingerprint density at radius 3 is 2.65 bits per heavy atom. The van der Waals surface area contributed by atoms with Crippen LogP contribution in [0.25, 0.3) is 11.3 Å². The van der Waals surface area contributed by atoms with Gasteiger partial charge in [0.25, 0.3) is 0 Å². The molecule has 2 aromatic rings. The fraction of sp³-hybridized carbons (Fsp3) is 0.167. The molecule has 0 bridgehead atoms. The number of hydrogen-bond acceptors (Lipinski definition) is 3. The van der Waals surface area contributed by atoms with Gasteiger partial charge in [-0.25, -0.2) is 4.79 Å². The van der Waals surface area contributed by atoms with Crippen LogP contribution >= 0.6 is 15.9 Å². The Morgan fingerprint density at radius 1 is 1.35 bits per heavy atom. The summed E-state index contributed by atoms with van der Waals surface area (Å²) in [5.74, 6) is -0.631. The highest BCUT2D eigenvalue weighted by Crippen LogP contribution is 2.30. The summed E-state index contributed by atoms with van der Waals surface area (Å²) in [4.78, 5) is 10.7. The van der Waals surface area contributed by atoms with Crippen molar-refractivity contribution in [2.24, 2.45) is 0 Å². The van der Waals surface area contributed by atoms with Gasteiger partial charge in [0.1, 0.15) is 0 Å². The van der Waals surface area contributed by atoms with Gasteiger partial charge in [0.2, 0.25) is 0 Å². The highest BCUT2D eigenvalue weighted by molar-refractivity contribution is 9.10. The van der Waals surface area contributed by atoms with E-state index in [4.69, 9.17) is 9.63 Å². The average molecular weight is 296 g/mol. The van der Waals surface area contributed by atoms with Crippen LogP contribution in [-0.2, 0) is 0 Å². The van der Waals surface area contributed by atoms with Crippen LogP contribution in [0.1, 0.15) is 21.6 Å².